The van der Waals surface area contributed by atoms with Crippen molar-refractivity contribution in [2.24, 2.45) is 5.41 Å². The smallest absolute Gasteiger partial charge is 0.192 e. The van der Waals surface area contributed by atoms with Gasteiger partial charge in [0.05, 0.1) is 11.8 Å². The number of pyridine rings is 1. The molecule has 1 aromatic heterocycles. The number of nitrogens with zero attached hydrogens (tertiary/aromatic N) is 1. The van der Waals surface area contributed by atoms with Crippen LogP contribution in [0.4, 0.5) is 0 Å². The van der Waals surface area contributed by atoms with Crippen molar-refractivity contribution < 1.29 is 9.53 Å². The van der Waals surface area contributed by atoms with Crippen LogP contribution in [0, 0.1) is 5.41 Å². The molecule has 2 aliphatic carbocycles. The second-order valence-corrected chi connectivity index (χ2v) is 20.9. The molecule has 2 atom stereocenters. The lowest BCUT2D eigenvalue weighted by Crippen LogP contribution is -2.44. The Morgan fingerprint density at radius 2 is 1.62 bits per heavy atom. The van der Waals surface area contributed by atoms with Crippen LogP contribution in [0.1, 0.15) is 152 Å². The number of hydrogen-bond acceptors (Lipinski definition) is 3. The number of benzene rings is 1. The standard InChI is InChI=1S/C36H55NO2Si/c1-23(2)29-30-27(21-36(9,10)22-28(30)39-40(11,12)35(6,7)8)37-32(24-15-13-14-16-24)31(29)33(38)25-17-19-26(20-18-25)34(3,4)5/h17-20,24,28,33,38H,1,13-16,21-22H2,2-12H3/t28?,33-/m1/s1. The Bertz CT molecular complexity index is 1240. The number of fused-ring (bicyclic) bond motifs is 1. The molecule has 0 amide bonds. The van der Waals surface area contributed by atoms with Crippen LogP contribution >= 0.6 is 0 Å². The molecule has 3 nitrogen and oxygen atoms in total. The van der Waals surface area contributed by atoms with Gasteiger partial charge in [-0.05, 0) is 78.3 Å². The zero-order valence-electron chi connectivity index (χ0n) is 27.3. The van der Waals surface area contributed by atoms with Gasteiger partial charge in [0, 0.05) is 22.7 Å². The third-order valence-corrected chi connectivity index (χ3v) is 14.4. The lowest BCUT2D eigenvalue weighted by molar-refractivity contribution is 0.105. The molecule has 220 valence electrons. The Hall–Kier alpha value is -1.75. The highest BCUT2D eigenvalue weighted by Gasteiger charge is 2.45. The van der Waals surface area contributed by atoms with Crippen molar-refractivity contribution in [1.82, 2.24) is 4.98 Å². The molecule has 1 fully saturated rings. The minimum Gasteiger partial charge on any atom is -0.410 e. The molecular formula is C36H55NO2Si. The summed E-state index contributed by atoms with van der Waals surface area (Å²) in [4.78, 5) is 5.51. The molecule has 0 spiro atoms. The topological polar surface area (TPSA) is 42.4 Å². The zero-order chi connectivity index (χ0) is 29.8. The van der Waals surface area contributed by atoms with Crippen LogP contribution in [0.2, 0.25) is 18.1 Å². The van der Waals surface area contributed by atoms with Crippen molar-refractivity contribution >= 4 is 13.9 Å². The molecule has 1 saturated carbocycles. The average molecular weight is 562 g/mol. The van der Waals surface area contributed by atoms with Gasteiger partial charge in [0.15, 0.2) is 8.32 Å². The van der Waals surface area contributed by atoms with E-state index < -0.39 is 14.4 Å². The maximum Gasteiger partial charge on any atom is 0.192 e. The van der Waals surface area contributed by atoms with Crippen molar-refractivity contribution in [3.8, 4) is 0 Å². The summed E-state index contributed by atoms with van der Waals surface area (Å²) in [5.74, 6) is 0.381. The largest absolute Gasteiger partial charge is 0.410 e. The summed E-state index contributed by atoms with van der Waals surface area (Å²) in [5.41, 5.74) is 8.90. The molecular weight excluding hydrogens is 506 g/mol. The van der Waals surface area contributed by atoms with E-state index in [2.05, 4.69) is 106 Å². The molecule has 2 aliphatic rings. The Morgan fingerprint density at radius 1 is 1.05 bits per heavy atom. The van der Waals surface area contributed by atoms with Crippen LogP contribution < -0.4 is 0 Å². The van der Waals surface area contributed by atoms with Crippen molar-refractivity contribution in [2.75, 3.05) is 0 Å². The van der Waals surface area contributed by atoms with E-state index in [1.165, 1.54) is 29.7 Å². The van der Waals surface area contributed by atoms with Crippen LogP contribution in [0.15, 0.2) is 30.8 Å². The summed E-state index contributed by atoms with van der Waals surface area (Å²) < 4.78 is 7.23. The van der Waals surface area contributed by atoms with Gasteiger partial charge in [-0.1, -0.05) is 105 Å². The normalized spacial score (nSPS) is 20.9. The van der Waals surface area contributed by atoms with Gasteiger partial charge in [0.2, 0.25) is 0 Å². The number of allylic oxidation sites excluding steroid dienone is 1. The highest BCUT2D eigenvalue weighted by atomic mass is 28.4. The Labute approximate surface area is 246 Å². The fourth-order valence-corrected chi connectivity index (χ4v) is 7.77. The fourth-order valence-electron chi connectivity index (χ4n) is 6.51. The van der Waals surface area contributed by atoms with E-state index in [0.717, 1.165) is 53.6 Å². The van der Waals surface area contributed by atoms with E-state index in [1.54, 1.807) is 0 Å². The third-order valence-electron chi connectivity index (χ3n) is 9.86. The van der Waals surface area contributed by atoms with Crippen molar-refractivity contribution in [3.63, 3.8) is 0 Å². The number of hydrogen-bond donors (Lipinski definition) is 1. The minimum atomic E-state index is -2.07. The summed E-state index contributed by atoms with van der Waals surface area (Å²) in [5, 5.41) is 12.3. The lowest BCUT2D eigenvalue weighted by atomic mass is 9.71. The second kappa shape index (κ2) is 10.8. The molecule has 1 heterocycles. The van der Waals surface area contributed by atoms with Crippen LogP contribution in [-0.2, 0) is 16.3 Å². The van der Waals surface area contributed by atoms with Gasteiger partial charge in [-0.3, -0.25) is 4.98 Å². The Balaban J connectivity index is 1.96. The number of aliphatic hydroxyl groups is 1. The number of aromatic nitrogens is 1. The molecule has 0 bridgehead atoms. The molecule has 4 rings (SSSR count). The second-order valence-electron chi connectivity index (χ2n) is 16.1. The molecule has 1 unspecified atom stereocenters. The van der Waals surface area contributed by atoms with Crippen molar-refractivity contribution in [2.45, 2.75) is 143 Å². The van der Waals surface area contributed by atoms with Crippen LogP contribution in [-0.4, -0.2) is 18.4 Å². The van der Waals surface area contributed by atoms with E-state index in [1.807, 2.05) is 0 Å². The molecule has 0 aliphatic heterocycles. The predicted octanol–water partition coefficient (Wildman–Crippen LogP) is 10.2. The predicted molar refractivity (Wildman–Crippen MR) is 172 cm³/mol. The van der Waals surface area contributed by atoms with E-state index in [4.69, 9.17) is 9.41 Å². The first-order valence-corrected chi connectivity index (χ1v) is 18.4. The Morgan fingerprint density at radius 3 is 2.12 bits per heavy atom. The summed E-state index contributed by atoms with van der Waals surface area (Å²) in [6.07, 6.45) is 5.80. The lowest BCUT2D eigenvalue weighted by Gasteiger charge is -2.45. The van der Waals surface area contributed by atoms with Gasteiger partial charge in [-0.15, -0.1) is 0 Å². The van der Waals surface area contributed by atoms with Gasteiger partial charge in [0.1, 0.15) is 6.10 Å². The monoisotopic (exact) mass is 561 g/mol. The summed E-state index contributed by atoms with van der Waals surface area (Å²) >= 11 is 0. The zero-order valence-corrected chi connectivity index (χ0v) is 28.3. The SMILES string of the molecule is C=C(C)c1c2c(nc(C3CCCC3)c1[C@H](O)c1ccc(C(C)(C)C)cc1)CC(C)(C)CC2O[Si](C)(C)C(C)(C)C. The first-order chi connectivity index (χ1) is 18.3. The van der Waals surface area contributed by atoms with E-state index in [-0.39, 0.29) is 22.0 Å². The van der Waals surface area contributed by atoms with E-state index >= 15 is 0 Å². The van der Waals surface area contributed by atoms with Crippen molar-refractivity contribution in [3.05, 3.63) is 70.0 Å². The van der Waals surface area contributed by atoms with Gasteiger partial charge < -0.3 is 9.53 Å². The van der Waals surface area contributed by atoms with Crippen molar-refractivity contribution in [1.29, 1.82) is 0 Å². The fraction of sp³-hybridized carbons (Fsp3) is 0.639. The molecule has 1 N–H and O–H groups in total. The number of aliphatic hydroxyl groups excluding tert-OH is 1. The third kappa shape index (κ3) is 6.20. The summed E-state index contributed by atoms with van der Waals surface area (Å²) in [6, 6.07) is 8.56. The van der Waals surface area contributed by atoms with Gasteiger partial charge in [0.25, 0.3) is 0 Å². The molecule has 4 heteroatoms. The van der Waals surface area contributed by atoms with E-state index in [0.29, 0.717) is 5.92 Å². The van der Waals surface area contributed by atoms with Crippen LogP contribution in [0.25, 0.3) is 5.57 Å². The maximum absolute atomic E-state index is 12.2. The highest BCUT2D eigenvalue weighted by molar-refractivity contribution is 6.74. The summed E-state index contributed by atoms with van der Waals surface area (Å²) in [7, 11) is -2.07. The molecule has 2 aromatic rings. The van der Waals surface area contributed by atoms with E-state index in [9.17, 15) is 5.11 Å². The molecule has 0 saturated heterocycles. The molecule has 0 radical (unpaired) electrons. The van der Waals surface area contributed by atoms with Crippen LogP contribution in [0.5, 0.6) is 0 Å². The maximum atomic E-state index is 12.2. The Kier molecular flexibility index (Phi) is 8.44. The first kappa shape index (κ1) is 31.2. The van der Waals surface area contributed by atoms with Crippen LogP contribution in [0.3, 0.4) is 0 Å². The summed E-state index contributed by atoms with van der Waals surface area (Å²) in [6.45, 7) is 29.7. The number of rotatable bonds is 6. The van der Waals surface area contributed by atoms with Gasteiger partial charge in [-0.2, -0.15) is 0 Å². The van der Waals surface area contributed by atoms with Gasteiger partial charge in [-0.25, -0.2) is 0 Å². The first-order valence-electron chi connectivity index (χ1n) is 15.5. The minimum absolute atomic E-state index is 0.0503. The highest BCUT2D eigenvalue weighted by Crippen LogP contribution is 2.52. The quantitative estimate of drug-likeness (QED) is 0.357. The molecule has 40 heavy (non-hydrogen) atoms. The van der Waals surface area contributed by atoms with Gasteiger partial charge >= 0.3 is 0 Å². The molecule has 1 aromatic carbocycles. The average Bonchev–Trinajstić information content (AvgIpc) is 3.35.